The van der Waals surface area contributed by atoms with E-state index < -0.39 is 17.9 Å². The Morgan fingerprint density at radius 2 is 2.26 bits per heavy atom. The van der Waals surface area contributed by atoms with E-state index in [1.807, 2.05) is 6.07 Å². The van der Waals surface area contributed by atoms with Crippen LogP contribution in [0.25, 0.3) is 0 Å². The average Bonchev–Trinajstić information content (AvgIpc) is 2.59. The zero-order chi connectivity index (χ0) is 16.8. The maximum absolute atomic E-state index is 12.2. The first-order chi connectivity index (χ1) is 11.1. The number of hydrogen-bond donors (Lipinski definition) is 1. The SMILES string of the molecule is COc1cc(C#N)ccc1OCC(=O)N1CCOCC1C(=O)O. The van der Waals surface area contributed by atoms with E-state index in [-0.39, 0.29) is 26.4 Å². The summed E-state index contributed by atoms with van der Waals surface area (Å²) in [6.07, 6.45) is 0. The number of benzene rings is 1. The molecule has 8 nitrogen and oxygen atoms in total. The normalized spacial score (nSPS) is 17.2. The third kappa shape index (κ3) is 3.90. The highest BCUT2D eigenvalue weighted by molar-refractivity contribution is 5.84. The van der Waals surface area contributed by atoms with Gasteiger partial charge in [0.05, 0.1) is 32.0 Å². The maximum atomic E-state index is 12.2. The Morgan fingerprint density at radius 3 is 2.91 bits per heavy atom. The molecule has 0 saturated carbocycles. The molecule has 1 aromatic rings. The molecule has 1 atom stereocenters. The van der Waals surface area contributed by atoms with Crippen LogP contribution in [0.2, 0.25) is 0 Å². The average molecular weight is 320 g/mol. The first kappa shape index (κ1) is 16.6. The Bertz CT molecular complexity index is 639. The Labute approximate surface area is 132 Å². The number of methoxy groups -OCH3 is 1. The quantitative estimate of drug-likeness (QED) is 0.828. The van der Waals surface area contributed by atoms with Crippen LogP contribution in [0.1, 0.15) is 5.56 Å². The number of carbonyl (C=O) groups excluding carboxylic acids is 1. The number of carbonyl (C=O) groups is 2. The van der Waals surface area contributed by atoms with Gasteiger partial charge in [-0.15, -0.1) is 0 Å². The summed E-state index contributed by atoms with van der Waals surface area (Å²) in [6.45, 7) is 0.118. The lowest BCUT2D eigenvalue weighted by Crippen LogP contribution is -2.53. The van der Waals surface area contributed by atoms with Crippen LogP contribution in [0.15, 0.2) is 18.2 Å². The molecule has 1 heterocycles. The Morgan fingerprint density at radius 1 is 1.48 bits per heavy atom. The van der Waals surface area contributed by atoms with Crippen molar-refractivity contribution in [1.29, 1.82) is 5.26 Å². The molecule has 1 fully saturated rings. The molecule has 1 aliphatic heterocycles. The first-order valence-corrected chi connectivity index (χ1v) is 6.87. The first-order valence-electron chi connectivity index (χ1n) is 6.87. The van der Waals surface area contributed by atoms with Crippen LogP contribution in [0, 0.1) is 11.3 Å². The number of carboxylic acid groups (broad SMARTS) is 1. The van der Waals surface area contributed by atoms with E-state index >= 15 is 0 Å². The van der Waals surface area contributed by atoms with Crippen molar-refractivity contribution < 1.29 is 28.9 Å². The summed E-state index contributed by atoms with van der Waals surface area (Å²) in [5.41, 5.74) is 0.402. The van der Waals surface area contributed by atoms with Gasteiger partial charge in [-0.25, -0.2) is 4.79 Å². The van der Waals surface area contributed by atoms with Crippen molar-refractivity contribution in [2.24, 2.45) is 0 Å². The minimum absolute atomic E-state index is 0.0404. The number of morpholine rings is 1. The smallest absolute Gasteiger partial charge is 0.328 e. The van der Waals surface area contributed by atoms with E-state index in [2.05, 4.69) is 0 Å². The van der Waals surface area contributed by atoms with Crippen LogP contribution in [0.4, 0.5) is 0 Å². The highest BCUT2D eigenvalue weighted by Gasteiger charge is 2.32. The number of hydrogen-bond acceptors (Lipinski definition) is 6. The van der Waals surface area contributed by atoms with Gasteiger partial charge in [0, 0.05) is 12.6 Å². The molecule has 1 N–H and O–H groups in total. The molecule has 1 unspecified atom stereocenters. The summed E-state index contributed by atoms with van der Waals surface area (Å²) in [6, 6.07) is 5.52. The Balaban J connectivity index is 2.04. The van der Waals surface area contributed by atoms with Crippen molar-refractivity contribution >= 4 is 11.9 Å². The van der Waals surface area contributed by atoms with Gasteiger partial charge in [0.15, 0.2) is 24.1 Å². The zero-order valence-electron chi connectivity index (χ0n) is 12.5. The van der Waals surface area contributed by atoms with Crippen molar-refractivity contribution in [3.8, 4) is 17.6 Å². The van der Waals surface area contributed by atoms with Gasteiger partial charge in [-0.1, -0.05) is 0 Å². The third-order valence-corrected chi connectivity index (χ3v) is 3.38. The standard InChI is InChI=1S/C15H16N2O6/c1-21-13-6-10(7-16)2-3-12(13)23-9-14(18)17-4-5-22-8-11(17)15(19)20/h2-3,6,11H,4-5,8-9H2,1H3,(H,19,20). The molecular weight excluding hydrogens is 304 g/mol. The van der Waals surface area contributed by atoms with Crippen LogP contribution in [-0.4, -0.2) is 61.4 Å². The molecule has 23 heavy (non-hydrogen) atoms. The van der Waals surface area contributed by atoms with Crippen molar-refractivity contribution in [1.82, 2.24) is 4.90 Å². The maximum Gasteiger partial charge on any atom is 0.328 e. The molecule has 0 aliphatic carbocycles. The Hall–Kier alpha value is -2.79. The van der Waals surface area contributed by atoms with E-state index in [1.54, 1.807) is 0 Å². The van der Waals surface area contributed by atoms with Gasteiger partial charge in [-0.2, -0.15) is 5.26 Å². The van der Waals surface area contributed by atoms with Crippen LogP contribution in [0.3, 0.4) is 0 Å². The molecule has 122 valence electrons. The summed E-state index contributed by atoms with van der Waals surface area (Å²) in [5, 5.41) is 18.0. The molecule has 0 bridgehead atoms. The molecular formula is C15H16N2O6. The molecule has 8 heteroatoms. The Kier molecular flexibility index (Phi) is 5.38. The van der Waals surface area contributed by atoms with Gasteiger partial charge in [-0.3, -0.25) is 4.79 Å². The summed E-state index contributed by atoms with van der Waals surface area (Å²) >= 11 is 0. The molecule has 1 aliphatic rings. The summed E-state index contributed by atoms with van der Waals surface area (Å²) in [7, 11) is 1.42. The van der Waals surface area contributed by atoms with Crippen molar-refractivity contribution in [3.63, 3.8) is 0 Å². The molecule has 1 amide bonds. The van der Waals surface area contributed by atoms with E-state index in [1.165, 1.54) is 30.2 Å². The highest BCUT2D eigenvalue weighted by Crippen LogP contribution is 2.27. The molecule has 1 aromatic carbocycles. The van der Waals surface area contributed by atoms with Crippen molar-refractivity contribution in [2.75, 3.05) is 33.5 Å². The van der Waals surface area contributed by atoms with Crippen LogP contribution in [-0.2, 0) is 14.3 Å². The fraction of sp³-hybridized carbons (Fsp3) is 0.400. The van der Waals surface area contributed by atoms with Gasteiger partial charge in [0.25, 0.3) is 5.91 Å². The second kappa shape index (κ2) is 7.47. The number of rotatable bonds is 5. The minimum atomic E-state index is -1.12. The molecule has 1 saturated heterocycles. The van der Waals surface area contributed by atoms with E-state index in [0.717, 1.165) is 0 Å². The predicted octanol–water partition coefficient (Wildman–Crippen LogP) is 0.258. The summed E-state index contributed by atoms with van der Waals surface area (Å²) in [5.74, 6) is -0.935. The summed E-state index contributed by atoms with van der Waals surface area (Å²) < 4.78 is 15.6. The predicted molar refractivity (Wildman–Crippen MR) is 77.2 cm³/mol. The minimum Gasteiger partial charge on any atom is -0.493 e. The monoisotopic (exact) mass is 320 g/mol. The van der Waals surface area contributed by atoms with Crippen LogP contribution < -0.4 is 9.47 Å². The fourth-order valence-corrected chi connectivity index (χ4v) is 2.19. The van der Waals surface area contributed by atoms with E-state index in [9.17, 15) is 9.59 Å². The molecule has 0 radical (unpaired) electrons. The third-order valence-electron chi connectivity index (χ3n) is 3.38. The number of nitrogens with zero attached hydrogens (tertiary/aromatic N) is 2. The number of carboxylic acids is 1. The fourth-order valence-electron chi connectivity index (χ4n) is 2.19. The zero-order valence-corrected chi connectivity index (χ0v) is 12.5. The second-order valence-electron chi connectivity index (χ2n) is 4.78. The summed E-state index contributed by atoms with van der Waals surface area (Å²) in [4.78, 5) is 24.6. The van der Waals surface area contributed by atoms with Gasteiger partial charge >= 0.3 is 5.97 Å². The van der Waals surface area contributed by atoms with Gasteiger partial charge in [-0.05, 0) is 12.1 Å². The van der Waals surface area contributed by atoms with Gasteiger partial charge in [0.2, 0.25) is 0 Å². The van der Waals surface area contributed by atoms with Crippen LogP contribution in [0.5, 0.6) is 11.5 Å². The number of ether oxygens (including phenoxy) is 3. The number of amides is 1. The lowest BCUT2D eigenvalue weighted by molar-refractivity contribution is -0.159. The number of nitriles is 1. The molecule has 0 spiro atoms. The molecule has 0 aromatic heterocycles. The largest absolute Gasteiger partial charge is 0.493 e. The lowest BCUT2D eigenvalue weighted by atomic mass is 10.2. The van der Waals surface area contributed by atoms with Gasteiger partial charge < -0.3 is 24.2 Å². The van der Waals surface area contributed by atoms with E-state index in [4.69, 9.17) is 24.6 Å². The molecule has 2 rings (SSSR count). The highest BCUT2D eigenvalue weighted by atomic mass is 16.5. The van der Waals surface area contributed by atoms with E-state index in [0.29, 0.717) is 17.1 Å². The van der Waals surface area contributed by atoms with Crippen LogP contribution >= 0.6 is 0 Å². The van der Waals surface area contributed by atoms with Crippen molar-refractivity contribution in [2.45, 2.75) is 6.04 Å². The lowest BCUT2D eigenvalue weighted by Gasteiger charge is -2.32. The van der Waals surface area contributed by atoms with Crippen molar-refractivity contribution in [3.05, 3.63) is 23.8 Å². The second-order valence-corrected chi connectivity index (χ2v) is 4.78. The van der Waals surface area contributed by atoms with Gasteiger partial charge in [0.1, 0.15) is 0 Å². The number of aliphatic carboxylic acids is 1. The topological polar surface area (TPSA) is 109 Å².